The first-order valence-electron chi connectivity index (χ1n) is 7.17. The topological polar surface area (TPSA) is 107 Å². The molecule has 1 atom stereocenters. The number of likely N-dealkylation sites (N-methyl/N-ethyl adjacent to an activating group) is 1. The summed E-state index contributed by atoms with van der Waals surface area (Å²) in [5.41, 5.74) is 0.351. The summed E-state index contributed by atoms with van der Waals surface area (Å²) in [7, 11) is 3.39. The molecule has 1 aromatic carbocycles. The Bertz CT molecular complexity index is 717. The van der Waals surface area contributed by atoms with Crippen LogP contribution in [0.3, 0.4) is 0 Å². The maximum Gasteiger partial charge on any atom is 0.311 e. The molecule has 9 nitrogen and oxygen atoms in total. The first kappa shape index (κ1) is 15.4. The van der Waals surface area contributed by atoms with Crippen LogP contribution >= 0.6 is 0 Å². The largest absolute Gasteiger partial charge is 0.490 e. The number of nitrogens with one attached hydrogen (secondary N) is 1. The van der Waals surface area contributed by atoms with Crippen LogP contribution in [0, 0.1) is 10.1 Å². The number of rotatable bonds is 4. The van der Waals surface area contributed by atoms with E-state index in [9.17, 15) is 10.1 Å². The molecule has 2 heterocycles. The Morgan fingerprint density at radius 3 is 3.04 bits per heavy atom. The fraction of sp³-hybridized carbons (Fsp3) is 0.429. The monoisotopic (exact) mass is 319 g/mol. The van der Waals surface area contributed by atoms with E-state index in [2.05, 4.69) is 20.4 Å². The summed E-state index contributed by atoms with van der Waals surface area (Å²) in [4.78, 5) is 17.1. The third kappa shape index (κ3) is 3.01. The molecule has 0 saturated carbocycles. The van der Waals surface area contributed by atoms with Crippen LogP contribution in [0.2, 0.25) is 0 Å². The molecule has 23 heavy (non-hydrogen) atoms. The number of ether oxygens (including phenoxy) is 1. The minimum Gasteiger partial charge on any atom is -0.490 e. The van der Waals surface area contributed by atoms with Crippen LogP contribution in [0.25, 0.3) is 11.5 Å². The van der Waals surface area contributed by atoms with Crippen molar-refractivity contribution in [1.29, 1.82) is 0 Å². The molecule has 0 amide bonds. The van der Waals surface area contributed by atoms with Crippen LogP contribution in [0.5, 0.6) is 5.75 Å². The molecule has 1 unspecified atom stereocenters. The highest BCUT2D eigenvalue weighted by Gasteiger charge is 2.26. The Morgan fingerprint density at radius 2 is 2.35 bits per heavy atom. The molecule has 1 N–H and O–H groups in total. The molecule has 1 fully saturated rings. The lowest BCUT2D eigenvalue weighted by Crippen LogP contribution is -2.44. The summed E-state index contributed by atoms with van der Waals surface area (Å²) in [6, 6.07) is 4.57. The first-order valence-corrected chi connectivity index (χ1v) is 7.17. The van der Waals surface area contributed by atoms with Gasteiger partial charge < -0.3 is 14.6 Å². The van der Waals surface area contributed by atoms with Crippen LogP contribution in [-0.2, 0) is 0 Å². The average molecular weight is 319 g/mol. The summed E-state index contributed by atoms with van der Waals surface area (Å²) in [5, 5.41) is 18.4. The normalized spacial score (nSPS) is 18.8. The number of piperazine rings is 1. The highest BCUT2D eigenvalue weighted by atomic mass is 16.6. The van der Waals surface area contributed by atoms with Crippen LogP contribution in [0.4, 0.5) is 5.69 Å². The van der Waals surface area contributed by atoms with Gasteiger partial charge in [0, 0.05) is 31.3 Å². The van der Waals surface area contributed by atoms with Crippen LogP contribution in [0.1, 0.15) is 11.9 Å². The lowest BCUT2D eigenvalue weighted by Gasteiger charge is -2.30. The zero-order valence-electron chi connectivity index (χ0n) is 12.9. The summed E-state index contributed by atoms with van der Waals surface area (Å²) in [6.45, 7) is 2.54. The van der Waals surface area contributed by atoms with Crippen molar-refractivity contribution in [1.82, 2.24) is 20.4 Å². The van der Waals surface area contributed by atoms with Crippen molar-refractivity contribution in [3.8, 4) is 17.2 Å². The van der Waals surface area contributed by atoms with Crippen molar-refractivity contribution in [2.45, 2.75) is 6.04 Å². The van der Waals surface area contributed by atoms with Crippen molar-refractivity contribution in [2.24, 2.45) is 0 Å². The number of hydrogen-bond acceptors (Lipinski definition) is 8. The van der Waals surface area contributed by atoms with Gasteiger partial charge in [0.05, 0.1) is 18.1 Å². The summed E-state index contributed by atoms with van der Waals surface area (Å²) in [5.74, 6) is 1.01. The molecule has 1 aliphatic heterocycles. The Kier molecular flexibility index (Phi) is 4.22. The molecular weight excluding hydrogens is 302 g/mol. The second-order valence-corrected chi connectivity index (χ2v) is 5.30. The minimum absolute atomic E-state index is 0.0227. The van der Waals surface area contributed by atoms with Crippen LogP contribution < -0.4 is 10.1 Å². The van der Waals surface area contributed by atoms with Gasteiger partial charge in [0.15, 0.2) is 11.6 Å². The second kappa shape index (κ2) is 6.31. The minimum atomic E-state index is -0.502. The Labute approximate surface area is 132 Å². The molecule has 1 aliphatic rings. The van der Waals surface area contributed by atoms with Gasteiger partial charge in [0.1, 0.15) is 0 Å². The number of nitrogens with zero attached hydrogens (tertiary/aromatic N) is 4. The van der Waals surface area contributed by atoms with E-state index in [1.54, 1.807) is 6.07 Å². The van der Waals surface area contributed by atoms with Gasteiger partial charge >= 0.3 is 5.69 Å². The number of nitro groups is 1. The zero-order chi connectivity index (χ0) is 16.4. The van der Waals surface area contributed by atoms with Gasteiger partial charge in [0.2, 0.25) is 0 Å². The predicted molar refractivity (Wildman–Crippen MR) is 81.2 cm³/mol. The van der Waals surface area contributed by atoms with Crippen molar-refractivity contribution in [3.63, 3.8) is 0 Å². The first-order chi connectivity index (χ1) is 11.1. The van der Waals surface area contributed by atoms with Gasteiger partial charge in [-0.25, -0.2) is 0 Å². The molecule has 0 radical (unpaired) electrons. The summed E-state index contributed by atoms with van der Waals surface area (Å²) >= 11 is 0. The van der Waals surface area contributed by atoms with Crippen molar-refractivity contribution in [3.05, 3.63) is 34.1 Å². The SMILES string of the molecule is COc1ccc(-c2nc(C3CNCCN3C)no2)cc1[N+](=O)[O-]. The zero-order valence-corrected chi connectivity index (χ0v) is 12.9. The molecule has 1 aromatic heterocycles. The van der Waals surface area contributed by atoms with Crippen molar-refractivity contribution in [2.75, 3.05) is 33.8 Å². The van der Waals surface area contributed by atoms with E-state index in [0.717, 1.165) is 19.6 Å². The molecule has 3 rings (SSSR count). The second-order valence-electron chi connectivity index (χ2n) is 5.30. The fourth-order valence-electron chi connectivity index (χ4n) is 2.55. The highest BCUT2D eigenvalue weighted by molar-refractivity contribution is 5.62. The van der Waals surface area contributed by atoms with Crippen LogP contribution in [0.15, 0.2) is 22.7 Å². The Morgan fingerprint density at radius 1 is 1.52 bits per heavy atom. The van der Waals surface area contributed by atoms with E-state index < -0.39 is 4.92 Å². The Balaban J connectivity index is 1.91. The van der Waals surface area contributed by atoms with Gasteiger partial charge in [-0.05, 0) is 19.2 Å². The predicted octanol–water partition coefficient (Wildman–Crippen LogP) is 1.23. The number of nitro benzene ring substituents is 1. The molecule has 122 valence electrons. The standard InChI is InChI=1S/C14H17N5O4/c1-18-6-5-15-8-11(18)13-16-14(23-17-13)9-3-4-12(22-2)10(7-9)19(20)21/h3-4,7,11,15H,5-6,8H2,1-2H3. The highest BCUT2D eigenvalue weighted by Crippen LogP contribution is 2.32. The van der Waals surface area contributed by atoms with Crippen molar-refractivity contribution >= 4 is 5.69 Å². The third-order valence-corrected chi connectivity index (χ3v) is 3.87. The molecule has 0 aliphatic carbocycles. The van der Waals surface area contributed by atoms with Crippen molar-refractivity contribution < 1.29 is 14.2 Å². The molecule has 2 aromatic rings. The average Bonchev–Trinajstić information content (AvgIpc) is 3.04. The maximum absolute atomic E-state index is 11.1. The van der Waals surface area contributed by atoms with Crippen LogP contribution in [-0.4, -0.2) is 53.8 Å². The summed E-state index contributed by atoms with van der Waals surface area (Å²) < 4.78 is 10.3. The molecule has 9 heteroatoms. The summed E-state index contributed by atoms with van der Waals surface area (Å²) in [6.07, 6.45) is 0. The van der Waals surface area contributed by atoms with Gasteiger partial charge in [-0.2, -0.15) is 4.98 Å². The van der Waals surface area contributed by atoms with E-state index in [4.69, 9.17) is 9.26 Å². The molecular formula is C14H17N5O4. The van der Waals surface area contributed by atoms with E-state index in [1.165, 1.54) is 19.2 Å². The van der Waals surface area contributed by atoms with E-state index in [-0.39, 0.29) is 23.4 Å². The Hall–Kier alpha value is -2.52. The lowest BCUT2D eigenvalue weighted by atomic mass is 10.1. The quantitative estimate of drug-likeness (QED) is 0.662. The molecule has 0 bridgehead atoms. The number of hydrogen-bond donors (Lipinski definition) is 1. The van der Waals surface area contributed by atoms with Gasteiger partial charge in [-0.15, -0.1) is 0 Å². The number of benzene rings is 1. The van der Waals surface area contributed by atoms with E-state index >= 15 is 0 Å². The fourth-order valence-corrected chi connectivity index (χ4v) is 2.55. The van der Waals surface area contributed by atoms with Gasteiger partial charge in [0.25, 0.3) is 5.89 Å². The van der Waals surface area contributed by atoms with E-state index in [1.807, 2.05) is 7.05 Å². The smallest absolute Gasteiger partial charge is 0.311 e. The molecule has 0 spiro atoms. The third-order valence-electron chi connectivity index (χ3n) is 3.87. The number of methoxy groups -OCH3 is 1. The van der Waals surface area contributed by atoms with Gasteiger partial charge in [-0.1, -0.05) is 5.16 Å². The lowest BCUT2D eigenvalue weighted by molar-refractivity contribution is -0.385. The van der Waals surface area contributed by atoms with Gasteiger partial charge in [-0.3, -0.25) is 15.0 Å². The maximum atomic E-state index is 11.1. The van der Waals surface area contributed by atoms with E-state index in [0.29, 0.717) is 11.4 Å². The number of aromatic nitrogens is 2. The molecule has 1 saturated heterocycles.